The van der Waals surface area contributed by atoms with Gasteiger partial charge in [-0.05, 0) is 42.3 Å². The first-order valence-corrected chi connectivity index (χ1v) is 9.02. The quantitative estimate of drug-likeness (QED) is 0.666. The molecule has 142 valence electrons. The van der Waals surface area contributed by atoms with Gasteiger partial charge in [-0.15, -0.1) is 0 Å². The van der Waals surface area contributed by atoms with Gasteiger partial charge in [-0.25, -0.2) is 4.39 Å². The van der Waals surface area contributed by atoms with Crippen molar-refractivity contribution in [1.82, 2.24) is 5.32 Å². The standard InChI is InChI=1S/C23H21FN2O2/c1-16(18-9-3-2-4-10-18)25-23(28)20-12-5-6-13-21(20)26-22(27)15-17-8-7-11-19(24)14-17/h2-14,16H,15H2,1H3,(H,25,28)(H,26,27). The van der Waals surface area contributed by atoms with Crippen LogP contribution in [0.5, 0.6) is 0 Å². The van der Waals surface area contributed by atoms with Crippen LogP contribution < -0.4 is 10.6 Å². The Balaban J connectivity index is 1.70. The van der Waals surface area contributed by atoms with Crippen LogP contribution in [-0.4, -0.2) is 11.8 Å². The number of nitrogens with one attached hydrogen (secondary N) is 2. The normalized spacial score (nSPS) is 11.5. The molecule has 0 saturated heterocycles. The largest absolute Gasteiger partial charge is 0.345 e. The Labute approximate surface area is 163 Å². The van der Waals surface area contributed by atoms with E-state index in [1.54, 1.807) is 36.4 Å². The van der Waals surface area contributed by atoms with Crippen LogP contribution in [0.1, 0.15) is 34.5 Å². The molecule has 2 amide bonds. The highest BCUT2D eigenvalue weighted by Crippen LogP contribution is 2.18. The Morgan fingerprint density at radius 2 is 1.64 bits per heavy atom. The lowest BCUT2D eigenvalue weighted by Crippen LogP contribution is -2.28. The number of benzene rings is 3. The first kappa shape index (κ1) is 19.3. The molecule has 1 unspecified atom stereocenters. The molecule has 0 aliphatic carbocycles. The summed E-state index contributed by atoms with van der Waals surface area (Å²) in [6, 6.07) is 22.2. The molecule has 0 spiro atoms. The second kappa shape index (κ2) is 8.95. The molecule has 3 rings (SSSR count). The van der Waals surface area contributed by atoms with Crippen molar-refractivity contribution in [2.24, 2.45) is 0 Å². The molecule has 0 heterocycles. The van der Waals surface area contributed by atoms with Crippen LogP contribution in [0.25, 0.3) is 0 Å². The van der Waals surface area contributed by atoms with Gasteiger partial charge in [0.2, 0.25) is 5.91 Å². The van der Waals surface area contributed by atoms with Gasteiger partial charge >= 0.3 is 0 Å². The Kier molecular flexibility index (Phi) is 6.17. The van der Waals surface area contributed by atoms with Gasteiger partial charge in [0.15, 0.2) is 0 Å². The Bertz CT molecular complexity index is 973. The van der Waals surface area contributed by atoms with Gasteiger partial charge in [-0.1, -0.05) is 54.6 Å². The fourth-order valence-electron chi connectivity index (χ4n) is 2.92. The minimum Gasteiger partial charge on any atom is -0.345 e. The van der Waals surface area contributed by atoms with Crippen molar-refractivity contribution in [3.63, 3.8) is 0 Å². The van der Waals surface area contributed by atoms with E-state index in [2.05, 4.69) is 10.6 Å². The smallest absolute Gasteiger partial charge is 0.253 e. The molecule has 2 N–H and O–H groups in total. The van der Waals surface area contributed by atoms with E-state index in [-0.39, 0.29) is 30.1 Å². The van der Waals surface area contributed by atoms with Crippen molar-refractivity contribution in [3.05, 3.63) is 101 Å². The highest BCUT2D eigenvalue weighted by atomic mass is 19.1. The third-order valence-corrected chi connectivity index (χ3v) is 4.35. The highest BCUT2D eigenvalue weighted by Gasteiger charge is 2.16. The number of rotatable bonds is 6. The molecular formula is C23H21FN2O2. The molecular weight excluding hydrogens is 355 g/mol. The summed E-state index contributed by atoms with van der Waals surface area (Å²) in [6.45, 7) is 1.90. The number of hydrogen-bond donors (Lipinski definition) is 2. The van der Waals surface area contributed by atoms with Crippen molar-refractivity contribution in [2.75, 3.05) is 5.32 Å². The molecule has 0 fully saturated rings. The molecule has 3 aromatic rings. The van der Waals surface area contributed by atoms with Crippen molar-refractivity contribution in [3.8, 4) is 0 Å². The van der Waals surface area contributed by atoms with E-state index < -0.39 is 0 Å². The van der Waals surface area contributed by atoms with Crippen LogP contribution in [0, 0.1) is 5.82 Å². The summed E-state index contributed by atoms with van der Waals surface area (Å²) in [5.41, 5.74) is 2.35. The fraction of sp³-hybridized carbons (Fsp3) is 0.130. The summed E-state index contributed by atoms with van der Waals surface area (Å²) in [6.07, 6.45) is 0.0220. The maximum Gasteiger partial charge on any atom is 0.253 e. The van der Waals surface area contributed by atoms with Gasteiger partial charge in [0.05, 0.1) is 23.7 Å². The number of carbonyl (C=O) groups is 2. The maximum atomic E-state index is 13.3. The summed E-state index contributed by atoms with van der Waals surface area (Å²) < 4.78 is 13.3. The second-order valence-electron chi connectivity index (χ2n) is 6.51. The van der Waals surface area contributed by atoms with E-state index in [4.69, 9.17) is 0 Å². The number of halogens is 1. The lowest BCUT2D eigenvalue weighted by molar-refractivity contribution is -0.115. The minimum absolute atomic E-state index is 0.0220. The molecule has 0 aliphatic heterocycles. The van der Waals surface area contributed by atoms with Crippen molar-refractivity contribution >= 4 is 17.5 Å². The van der Waals surface area contributed by atoms with Gasteiger partial charge < -0.3 is 10.6 Å². The van der Waals surface area contributed by atoms with Gasteiger partial charge in [0, 0.05) is 0 Å². The summed E-state index contributed by atoms with van der Waals surface area (Å²) >= 11 is 0. The van der Waals surface area contributed by atoms with Gasteiger partial charge in [0.25, 0.3) is 5.91 Å². The van der Waals surface area contributed by atoms with E-state index in [0.717, 1.165) is 5.56 Å². The van der Waals surface area contributed by atoms with Gasteiger partial charge in [-0.2, -0.15) is 0 Å². The molecule has 4 nitrogen and oxygen atoms in total. The van der Waals surface area contributed by atoms with Crippen molar-refractivity contribution in [2.45, 2.75) is 19.4 Å². The van der Waals surface area contributed by atoms with E-state index in [1.807, 2.05) is 37.3 Å². The lowest BCUT2D eigenvalue weighted by Gasteiger charge is -2.16. The van der Waals surface area contributed by atoms with Crippen LogP contribution in [0.2, 0.25) is 0 Å². The summed E-state index contributed by atoms with van der Waals surface area (Å²) in [4.78, 5) is 25.1. The van der Waals surface area contributed by atoms with Crippen molar-refractivity contribution < 1.29 is 14.0 Å². The molecule has 0 saturated carbocycles. The van der Waals surface area contributed by atoms with E-state index in [1.165, 1.54) is 12.1 Å². The first-order valence-electron chi connectivity index (χ1n) is 9.02. The Morgan fingerprint density at radius 3 is 2.39 bits per heavy atom. The summed E-state index contributed by atoms with van der Waals surface area (Å²) in [5, 5.41) is 5.69. The van der Waals surface area contributed by atoms with Crippen LogP contribution >= 0.6 is 0 Å². The zero-order chi connectivity index (χ0) is 19.9. The number of hydrogen-bond acceptors (Lipinski definition) is 2. The predicted octanol–water partition coefficient (Wildman–Crippen LogP) is 4.50. The SMILES string of the molecule is CC(NC(=O)c1ccccc1NC(=O)Cc1cccc(F)c1)c1ccccc1. The molecule has 0 radical (unpaired) electrons. The van der Waals surface area contributed by atoms with E-state index >= 15 is 0 Å². The average molecular weight is 376 g/mol. The molecule has 0 aliphatic rings. The lowest BCUT2D eigenvalue weighted by atomic mass is 10.1. The first-order chi connectivity index (χ1) is 13.5. The van der Waals surface area contributed by atoms with E-state index in [9.17, 15) is 14.0 Å². The zero-order valence-corrected chi connectivity index (χ0v) is 15.5. The fourth-order valence-corrected chi connectivity index (χ4v) is 2.92. The van der Waals surface area contributed by atoms with Crippen molar-refractivity contribution in [1.29, 1.82) is 0 Å². The Hall–Kier alpha value is -3.47. The second-order valence-corrected chi connectivity index (χ2v) is 6.51. The topological polar surface area (TPSA) is 58.2 Å². The molecule has 28 heavy (non-hydrogen) atoms. The van der Waals surface area contributed by atoms with Gasteiger partial charge in [0.1, 0.15) is 5.82 Å². The van der Waals surface area contributed by atoms with Crippen LogP contribution in [0.15, 0.2) is 78.9 Å². The third-order valence-electron chi connectivity index (χ3n) is 4.35. The number of anilines is 1. The number of para-hydroxylation sites is 1. The predicted molar refractivity (Wildman–Crippen MR) is 107 cm³/mol. The molecule has 0 aromatic heterocycles. The van der Waals surface area contributed by atoms with E-state index in [0.29, 0.717) is 16.8 Å². The monoisotopic (exact) mass is 376 g/mol. The molecule has 0 bridgehead atoms. The van der Waals surface area contributed by atoms with Gasteiger partial charge in [-0.3, -0.25) is 9.59 Å². The van der Waals surface area contributed by atoms with Crippen LogP contribution in [0.4, 0.5) is 10.1 Å². The minimum atomic E-state index is -0.389. The summed E-state index contributed by atoms with van der Waals surface area (Å²) in [5.74, 6) is -0.986. The highest BCUT2D eigenvalue weighted by molar-refractivity contribution is 6.04. The number of amides is 2. The molecule has 3 aromatic carbocycles. The Morgan fingerprint density at radius 1 is 0.929 bits per heavy atom. The zero-order valence-electron chi connectivity index (χ0n) is 15.5. The maximum absolute atomic E-state index is 13.3. The third kappa shape index (κ3) is 5.04. The number of carbonyl (C=O) groups excluding carboxylic acids is 2. The molecule has 5 heteroatoms. The van der Waals surface area contributed by atoms with Crippen LogP contribution in [0.3, 0.4) is 0 Å². The summed E-state index contributed by atoms with van der Waals surface area (Å²) in [7, 11) is 0. The average Bonchev–Trinajstić information content (AvgIpc) is 2.69. The molecule has 1 atom stereocenters. The van der Waals surface area contributed by atoms with Crippen LogP contribution in [-0.2, 0) is 11.2 Å².